The van der Waals surface area contributed by atoms with Gasteiger partial charge in [0, 0.05) is 0 Å². The van der Waals surface area contributed by atoms with Crippen molar-refractivity contribution < 1.29 is 19.3 Å². The SMILES string of the molecule is Cc1ccc(O)c(-n2cc[n+](C[n+]3ccn(-c4cc(C)ccc4O)c3)c2)c1. The second-order valence-corrected chi connectivity index (χ2v) is 6.80. The number of phenolic OH excluding ortho intramolecular Hbond substituents is 2. The van der Waals surface area contributed by atoms with E-state index < -0.39 is 0 Å². The average Bonchev–Trinajstić information content (AvgIpc) is 3.29. The van der Waals surface area contributed by atoms with Crippen LogP contribution in [0.1, 0.15) is 11.1 Å². The van der Waals surface area contributed by atoms with Gasteiger partial charge in [-0.05, 0) is 49.2 Å². The highest BCUT2D eigenvalue weighted by Gasteiger charge is 2.15. The van der Waals surface area contributed by atoms with Gasteiger partial charge in [0.1, 0.15) is 24.8 Å². The van der Waals surface area contributed by atoms with Crippen LogP contribution in [0.3, 0.4) is 0 Å². The Labute approximate surface area is 157 Å². The van der Waals surface area contributed by atoms with Crippen molar-refractivity contribution in [1.29, 1.82) is 0 Å². The molecule has 4 aromatic rings. The van der Waals surface area contributed by atoms with Crippen LogP contribution in [0.2, 0.25) is 0 Å². The maximum atomic E-state index is 10.1. The zero-order valence-corrected chi connectivity index (χ0v) is 15.3. The molecule has 0 bridgehead atoms. The number of hydrogen-bond donors (Lipinski definition) is 2. The summed E-state index contributed by atoms with van der Waals surface area (Å²) >= 11 is 0. The van der Waals surface area contributed by atoms with Crippen LogP contribution < -0.4 is 9.13 Å². The van der Waals surface area contributed by atoms with Crippen LogP contribution in [0.4, 0.5) is 0 Å². The minimum atomic E-state index is 0.247. The lowest BCUT2D eigenvalue weighted by Gasteiger charge is -2.01. The van der Waals surface area contributed by atoms with E-state index in [1.165, 1.54) is 0 Å². The number of aromatic nitrogens is 4. The fourth-order valence-corrected chi connectivity index (χ4v) is 3.11. The molecule has 0 fully saturated rings. The van der Waals surface area contributed by atoms with Crippen molar-refractivity contribution in [3.8, 4) is 22.9 Å². The van der Waals surface area contributed by atoms with Gasteiger partial charge in [-0.15, -0.1) is 0 Å². The van der Waals surface area contributed by atoms with E-state index in [1.807, 2.05) is 93.8 Å². The van der Waals surface area contributed by atoms with Crippen molar-refractivity contribution >= 4 is 0 Å². The number of nitrogens with zero attached hydrogens (tertiary/aromatic N) is 4. The zero-order valence-electron chi connectivity index (χ0n) is 15.3. The first-order chi connectivity index (χ1) is 13.0. The Kier molecular flexibility index (Phi) is 4.16. The summed E-state index contributed by atoms with van der Waals surface area (Å²) in [5, 5.41) is 20.2. The van der Waals surface area contributed by atoms with Crippen molar-refractivity contribution in [3.05, 3.63) is 85.0 Å². The van der Waals surface area contributed by atoms with Crippen LogP contribution >= 0.6 is 0 Å². The maximum Gasteiger partial charge on any atom is 0.252 e. The van der Waals surface area contributed by atoms with Crippen LogP contribution in [0.25, 0.3) is 11.4 Å². The van der Waals surface area contributed by atoms with Gasteiger partial charge in [-0.2, -0.15) is 18.3 Å². The Hall–Kier alpha value is -3.54. The molecule has 0 aliphatic carbocycles. The van der Waals surface area contributed by atoms with Crippen molar-refractivity contribution in [3.63, 3.8) is 0 Å². The van der Waals surface area contributed by atoms with Gasteiger partial charge >= 0.3 is 0 Å². The Bertz CT molecular complexity index is 1020. The second-order valence-electron chi connectivity index (χ2n) is 6.80. The van der Waals surface area contributed by atoms with E-state index in [0.717, 1.165) is 22.5 Å². The molecule has 0 amide bonds. The Morgan fingerprint density at radius 3 is 1.63 bits per heavy atom. The highest BCUT2D eigenvalue weighted by atomic mass is 16.3. The van der Waals surface area contributed by atoms with Crippen molar-refractivity contribution in [1.82, 2.24) is 9.13 Å². The monoisotopic (exact) mass is 362 g/mol. The van der Waals surface area contributed by atoms with Gasteiger partial charge in [-0.25, -0.2) is 0 Å². The molecule has 0 atom stereocenters. The molecule has 2 aromatic carbocycles. The van der Waals surface area contributed by atoms with Gasteiger partial charge in [-0.3, -0.25) is 0 Å². The summed E-state index contributed by atoms with van der Waals surface area (Å²) in [5.74, 6) is 0.495. The molecular formula is C21H22N4O2+2. The molecule has 0 unspecified atom stereocenters. The summed E-state index contributed by atoms with van der Waals surface area (Å²) in [6.45, 7) is 4.61. The summed E-state index contributed by atoms with van der Waals surface area (Å²) < 4.78 is 7.82. The highest BCUT2D eigenvalue weighted by Crippen LogP contribution is 2.22. The van der Waals surface area contributed by atoms with E-state index in [0.29, 0.717) is 6.67 Å². The van der Waals surface area contributed by atoms with Gasteiger partial charge < -0.3 is 10.2 Å². The van der Waals surface area contributed by atoms with Crippen LogP contribution in [0.15, 0.2) is 73.8 Å². The van der Waals surface area contributed by atoms with Crippen molar-refractivity contribution in [2.24, 2.45) is 0 Å². The summed E-state index contributed by atoms with van der Waals surface area (Å²) in [5.41, 5.74) is 3.68. The standard InChI is InChI=1S/C21H20N4O2/c1-16-3-5-20(26)18(11-16)24-9-7-22(14-24)13-23-8-10-25(15-23)19-12-17(2)4-6-21(19)27/h3-12,14-15H,13H2,1-2H3/p+2. The molecule has 0 spiro atoms. The number of benzene rings is 2. The minimum Gasteiger partial charge on any atom is -0.504 e. The topological polar surface area (TPSA) is 58.1 Å². The highest BCUT2D eigenvalue weighted by molar-refractivity contribution is 5.48. The molecule has 2 aromatic heterocycles. The molecule has 4 rings (SSSR count). The van der Waals surface area contributed by atoms with E-state index in [9.17, 15) is 10.2 Å². The van der Waals surface area contributed by atoms with Gasteiger partial charge in [-0.1, -0.05) is 12.1 Å². The van der Waals surface area contributed by atoms with Crippen LogP contribution in [-0.2, 0) is 6.67 Å². The third-order valence-electron chi connectivity index (χ3n) is 4.53. The zero-order chi connectivity index (χ0) is 19.0. The maximum absolute atomic E-state index is 10.1. The average molecular weight is 362 g/mol. The summed E-state index contributed by atoms with van der Waals surface area (Å²) in [6.07, 6.45) is 11.6. The molecular weight excluding hydrogens is 340 g/mol. The number of aromatic hydroxyl groups is 2. The molecule has 0 radical (unpaired) electrons. The van der Waals surface area contributed by atoms with Crippen molar-refractivity contribution in [2.75, 3.05) is 0 Å². The van der Waals surface area contributed by atoms with Crippen LogP contribution in [0, 0.1) is 13.8 Å². The van der Waals surface area contributed by atoms with Gasteiger partial charge in [0.2, 0.25) is 6.67 Å². The van der Waals surface area contributed by atoms with Gasteiger partial charge in [0.05, 0.1) is 0 Å². The summed E-state index contributed by atoms with van der Waals surface area (Å²) in [4.78, 5) is 0. The Balaban J connectivity index is 1.58. The van der Waals surface area contributed by atoms with E-state index in [2.05, 4.69) is 0 Å². The molecule has 0 aliphatic heterocycles. The second kappa shape index (κ2) is 6.64. The van der Waals surface area contributed by atoms with E-state index in [4.69, 9.17) is 0 Å². The summed E-state index contributed by atoms with van der Waals surface area (Å²) in [6, 6.07) is 11.1. The molecule has 136 valence electrons. The molecule has 2 N–H and O–H groups in total. The largest absolute Gasteiger partial charge is 0.504 e. The van der Waals surface area contributed by atoms with Crippen LogP contribution in [0.5, 0.6) is 11.5 Å². The predicted octanol–water partition coefficient (Wildman–Crippen LogP) is 2.38. The smallest absolute Gasteiger partial charge is 0.252 e. The lowest BCUT2D eigenvalue weighted by atomic mass is 10.2. The molecule has 0 aliphatic rings. The van der Waals surface area contributed by atoms with E-state index in [1.54, 1.807) is 12.1 Å². The van der Waals surface area contributed by atoms with Crippen LogP contribution in [-0.4, -0.2) is 19.3 Å². The Morgan fingerprint density at radius 2 is 1.19 bits per heavy atom. The Morgan fingerprint density at radius 1 is 0.741 bits per heavy atom. The third-order valence-corrected chi connectivity index (χ3v) is 4.53. The third kappa shape index (κ3) is 3.42. The lowest BCUT2D eigenvalue weighted by molar-refractivity contribution is -0.912. The number of imidazole rings is 2. The first-order valence-electron chi connectivity index (χ1n) is 8.74. The fraction of sp³-hybridized carbons (Fsp3) is 0.143. The minimum absolute atomic E-state index is 0.247. The number of aryl methyl sites for hydroxylation is 2. The molecule has 27 heavy (non-hydrogen) atoms. The first kappa shape index (κ1) is 16.9. The van der Waals surface area contributed by atoms with E-state index >= 15 is 0 Å². The first-order valence-corrected chi connectivity index (χ1v) is 8.74. The van der Waals surface area contributed by atoms with Gasteiger partial charge in [0.15, 0.2) is 22.9 Å². The molecule has 6 nitrogen and oxygen atoms in total. The lowest BCUT2D eigenvalue weighted by Crippen LogP contribution is -2.49. The molecule has 6 heteroatoms. The predicted molar refractivity (Wildman–Crippen MR) is 100 cm³/mol. The fourth-order valence-electron chi connectivity index (χ4n) is 3.11. The molecule has 0 saturated carbocycles. The normalized spacial score (nSPS) is 11.0. The van der Waals surface area contributed by atoms with Crippen molar-refractivity contribution in [2.45, 2.75) is 20.5 Å². The van der Waals surface area contributed by atoms with E-state index in [-0.39, 0.29) is 11.5 Å². The number of phenols is 2. The van der Waals surface area contributed by atoms with Gasteiger partial charge in [0.25, 0.3) is 12.7 Å². The summed E-state index contributed by atoms with van der Waals surface area (Å²) in [7, 11) is 0. The molecule has 2 heterocycles. The quantitative estimate of drug-likeness (QED) is 0.548. The number of hydrogen-bond acceptors (Lipinski definition) is 2. The number of rotatable bonds is 4. The molecule has 0 saturated heterocycles.